The summed E-state index contributed by atoms with van der Waals surface area (Å²) in [4.78, 5) is 5.66. The molecule has 2 aromatic rings. The smallest absolute Gasteiger partial charge is 0.0446 e. The van der Waals surface area contributed by atoms with Crippen LogP contribution in [-0.4, -0.2) is 4.98 Å². The summed E-state index contributed by atoms with van der Waals surface area (Å²) in [5.41, 5.74) is 10.1. The van der Waals surface area contributed by atoms with E-state index < -0.39 is 0 Å². The lowest BCUT2D eigenvalue weighted by Crippen LogP contribution is -2.04. The molecule has 19 heavy (non-hydrogen) atoms. The van der Waals surface area contributed by atoms with Crippen LogP contribution in [0, 0.1) is 13.8 Å². The fraction of sp³-hybridized carbons (Fsp3) is 0.267. The van der Waals surface area contributed by atoms with E-state index in [1.165, 1.54) is 4.90 Å². The highest BCUT2D eigenvalue weighted by atomic mass is 35.5. The Hall–Kier alpha value is -1.03. The number of pyridine rings is 1. The van der Waals surface area contributed by atoms with Crippen molar-refractivity contribution in [3.8, 4) is 0 Å². The second kappa shape index (κ2) is 6.42. The van der Waals surface area contributed by atoms with Crippen LogP contribution in [0.25, 0.3) is 0 Å². The standard InChI is InChI=1S/C15H17ClN2S/c1-10-7-15(13(8-17)11(2)18-10)19-9-12-5-3-4-6-14(12)16/h3-7H,8-9,17H2,1-2H3. The Labute approximate surface area is 123 Å². The quantitative estimate of drug-likeness (QED) is 0.862. The molecule has 0 spiro atoms. The first kappa shape index (κ1) is 14.4. The zero-order chi connectivity index (χ0) is 13.8. The Bertz CT molecular complexity index is 584. The maximum absolute atomic E-state index is 6.18. The van der Waals surface area contributed by atoms with Gasteiger partial charge in [-0.2, -0.15) is 0 Å². The zero-order valence-electron chi connectivity index (χ0n) is 11.1. The predicted octanol–water partition coefficient (Wildman–Crippen LogP) is 4.10. The molecule has 0 bridgehead atoms. The van der Waals surface area contributed by atoms with Crippen LogP contribution in [-0.2, 0) is 12.3 Å². The summed E-state index contributed by atoms with van der Waals surface area (Å²) in [5.74, 6) is 0.843. The van der Waals surface area contributed by atoms with Gasteiger partial charge in [0.05, 0.1) is 0 Å². The molecule has 1 aromatic carbocycles. The molecule has 0 atom stereocenters. The molecule has 100 valence electrons. The average Bonchev–Trinajstić information content (AvgIpc) is 2.37. The molecule has 0 saturated heterocycles. The minimum atomic E-state index is 0.518. The van der Waals surface area contributed by atoms with Crippen molar-refractivity contribution in [2.24, 2.45) is 5.73 Å². The van der Waals surface area contributed by atoms with Crippen LogP contribution in [0.4, 0.5) is 0 Å². The molecule has 0 aliphatic heterocycles. The third kappa shape index (κ3) is 3.50. The Kier molecular flexibility index (Phi) is 4.86. The second-order valence-electron chi connectivity index (χ2n) is 4.41. The van der Waals surface area contributed by atoms with Crippen LogP contribution in [0.5, 0.6) is 0 Å². The van der Waals surface area contributed by atoms with E-state index >= 15 is 0 Å². The van der Waals surface area contributed by atoms with E-state index in [4.69, 9.17) is 17.3 Å². The summed E-state index contributed by atoms with van der Waals surface area (Å²) < 4.78 is 0. The first-order chi connectivity index (χ1) is 9.11. The lowest BCUT2D eigenvalue weighted by atomic mass is 10.2. The molecule has 0 amide bonds. The van der Waals surface area contributed by atoms with E-state index in [1.807, 2.05) is 32.0 Å². The molecule has 0 unspecified atom stereocenters. The van der Waals surface area contributed by atoms with Gasteiger partial charge >= 0.3 is 0 Å². The van der Waals surface area contributed by atoms with Gasteiger partial charge in [0, 0.05) is 39.2 Å². The van der Waals surface area contributed by atoms with Gasteiger partial charge in [0.1, 0.15) is 0 Å². The van der Waals surface area contributed by atoms with Crippen molar-refractivity contribution in [1.82, 2.24) is 4.98 Å². The Morgan fingerprint density at radius 1 is 1.26 bits per heavy atom. The van der Waals surface area contributed by atoms with Crippen LogP contribution in [0.15, 0.2) is 35.2 Å². The van der Waals surface area contributed by atoms with Crippen LogP contribution in [0.1, 0.15) is 22.5 Å². The second-order valence-corrected chi connectivity index (χ2v) is 5.83. The van der Waals surface area contributed by atoms with Crippen molar-refractivity contribution in [3.05, 3.63) is 57.9 Å². The van der Waals surface area contributed by atoms with E-state index in [-0.39, 0.29) is 0 Å². The van der Waals surface area contributed by atoms with Gasteiger partial charge < -0.3 is 5.73 Å². The van der Waals surface area contributed by atoms with Crippen LogP contribution in [0.2, 0.25) is 5.02 Å². The highest BCUT2D eigenvalue weighted by Gasteiger charge is 2.08. The third-order valence-corrected chi connectivity index (χ3v) is 4.46. The minimum Gasteiger partial charge on any atom is -0.326 e. The average molecular weight is 293 g/mol. The van der Waals surface area contributed by atoms with Gasteiger partial charge in [-0.3, -0.25) is 4.98 Å². The first-order valence-corrected chi connectivity index (χ1v) is 7.51. The lowest BCUT2D eigenvalue weighted by molar-refractivity contribution is 0.945. The number of hydrogen-bond donors (Lipinski definition) is 1. The molecule has 2 rings (SSSR count). The Morgan fingerprint density at radius 2 is 2.00 bits per heavy atom. The zero-order valence-corrected chi connectivity index (χ0v) is 12.7. The largest absolute Gasteiger partial charge is 0.326 e. The minimum absolute atomic E-state index is 0.518. The number of aromatic nitrogens is 1. The van der Waals surface area contributed by atoms with Crippen molar-refractivity contribution >= 4 is 23.4 Å². The normalized spacial score (nSPS) is 10.7. The number of aryl methyl sites for hydroxylation is 2. The van der Waals surface area contributed by atoms with Crippen LogP contribution < -0.4 is 5.73 Å². The fourth-order valence-corrected chi connectivity index (χ4v) is 3.47. The molecule has 0 aliphatic carbocycles. The number of rotatable bonds is 4. The Balaban J connectivity index is 2.22. The van der Waals surface area contributed by atoms with E-state index in [9.17, 15) is 0 Å². The highest BCUT2D eigenvalue weighted by Crippen LogP contribution is 2.30. The van der Waals surface area contributed by atoms with Crippen molar-refractivity contribution < 1.29 is 0 Å². The fourth-order valence-electron chi connectivity index (χ4n) is 1.97. The number of nitrogens with two attached hydrogens (primary N) is 1. The molecule has 2 N–H and O–H groups in total. The molecule has 4 heteroatoms. The first-order valence-electron chi connectivity index (χ1n) is 6.15. The molecule has 1 heterocycles. The summed E-state index contributed by atoms with van der Waals surface area (Å²) in [7, 11) is 0. The van der Waals surface area contributed by atoms with Crippen molar-refractivity contribution in [2.45, 2.75) is 31.0 Å². The molecular formula is C15H17ClN2S. The van der Waals surface area contributed by atoms with Gasteiger partial charge in [-0.15, -0.1) is 11.8 Å². The summed E-state index contributed by atoms with van der Waals surface area (Å²) in [6.45, 7) is 4.53. The SMILES string of the molecule is Cc1cc(SCc2ccccc2Cl)c(CN)c(C)n1. The molecule has 0 fully saturated rings. The van der Waals surface area contributed by atoms with Gasteiger partial charge in [0.15, 0.2) is 0 Å². The van der Waals surface area contributed by atoms with Crippen LogP contribution >= 0.6 is 23.4 Å². The summed E-state index contributed by atoms with van der Waals surface area (Å²) in [6.07, 6.45) is 0. The molecule has 1 aromatic heterocycles. The van der Waals surface area contributed by atoms with E-state index in [0.717, 1.165) is 33.3 Å². The molecule has 2 nitrogen and oxygen atoms in total. The molecule has 0 aliphatic rings. The Morgan fingerprint density at radius 3 is 2.68 bits per heavy atom. The lowest BCUT2D eigenvalue weighted by Gasteiger charge is -2.12. The van der Waals surface area contributed by atoms with Crippen LogP contribution in [0.3, 0.4) is 0 Å². The van der Waals surface area contributed by atoms with Gasteiger partial charge in [-0.1, -0.05) is 29.8 Å². The monoisotopic (exact) mass is 292 g/mol. The number of benzene rings is 1. The van der Waals surface area contributed by atoms with Gasteiger partial charge in [0.2, 0.25) is 0 Å². The van der Waals surface area contributed by atoms with Crippen molar-refractivity contribution in [3.63, 3.8) is 0 Å². The van der Waals surface area contributed by atoms with Gasteiger partial charge in [-0.25, -0.2) is 0 Å². The van der Waals surface area contributed by atoms with Crippen molar-refractivity contribution in [2.75, 3.05) is 0 Å². The summed E-state index contributed by atoms with van der Waals surface area (Å²) in [6, 6.07) is 10.0. The highest BCUT2D eigenvalue weighted by molar-refractivity contribution is 7.98. The van der Waals surface area contributed by atoms with Crippen molar-refractivity contribution in [1.29, 1.82) is 0 Å². The van der Waals surface area contributed by atoms with E-state index in [2.05, 4.69) is 17.1 Å². The number of thioether (sulfide) groups is 1. The molecular weight excluding hydrogens is 276 g/mol. The topological polar surface area (TPSA) is 38.9 Å². The van der Waals surface area contributed by atoms with Gasteiger partial charge in [0.25, 0.3) is 0 Å². The summed E-state index contributed by atoms with van der Waals surface area (Å²) >= 11 is 7.94. The third-order valence-electron chi connectivity index (χ3n) is 2.96. The number of hydrogen-bond acceptors (Lipinski definition) is 3. The number of nitrogens with zero attached hydrogens (tertiary/aromatic N) is 1. The summed E-state index contributed by atoms with van der Waals surface area (Å²) in [5, 5.41) is 0.812. The van der Waals surface area contributed by atoms with Gasteiger partial charge in [-0.05, 0) is 31.5 Å². The van der Waals surface area contributed by atoms with E-state index in [0.29, 0.717) is 6.54 Å². The maximum atomic E-state index is 6.18. The predicted molar refractivity (Wildman–Crippen MR) is 82.6 cm³/mol. The molecule has 0 radical (unpaired) electrons. The van der Waals surface area contributed by atoms with E-state index in [1.54, 1.807) is 11.8 Å². The maximum Gasteiger partial charge on any atom is 0.0446 e. The molecule has 0 saturated carbocycles. The number of halogens is 1.